The molecule has 0 saturated carbocycles. The molecule has 3 N–H and O–H groups in total. The number of nitrogens with one attached hydrogen (secondary N) is 1. The van der Waals surface area contributed by atoms with Gasteiger partial charge in [-0.2, -0.15) is 0 Å². The van der Waals surface area contributed by atoms with E-state index in [0.29, 0.717) is 17.7 Å². The number of carbonyl (C=O) groups is 1. The van der Waals surface area contributed by atoms with Gasteiger partial charge in [0.2, 0.25) is 5.91 Å². The molecule has 0 aliphatic heterocycles. The Hall–Kier alpha value is -2.55. The van der Waals surface area contributed by atoms with Crippen LogP contribution in [0.2, 0.25) is 0 Å². The number of carbonyl (C=O) groups excluding carboxylic acids is 1. The van der Waals surface area contributed by atoms with E-state index < -0.39 is 15.9 Å². The van der Waals surface area contributed by atoms with E-state index >= 15 is 0 Å². The molecule has 0 fully saturated rings. The van der Waals surface area contributed by atoms with Crippen LogP contribution >= 0.6 is 11.3 Å². The van der Waals surface area contributed by atoms with Crippen molar-refractivity contribution in [3.8, 4) is 10.6 Å². The molecule has 0 radical (unpaired) electrons. The molecule has 0 unspecified atom stereocenters. The summed E-state index contributed by atoms with van der Waals surface area (Å²) in [6.45, 7) is 2.29. The first-order valence-corrected chi connectivity index (χ1v) is 10.6. The number of nitrogens with two attached hydrogens (primary N) is 1. The van der Waals surface area contributed by atoms with Crippen LogP contribution in [0.5, 0.6) is 0 Å². The fourth-order valence-corrected chi connectivity index (χ4v) is 4.33. The lowest BCUT2D eigenvalue weighted by Gasteiger charge is -2.08. The number of hydrogen-bond acceptors (Lipinski definition) is 6. The van der Waals surface area contributed by atoms with Crippen molar-refractivity contribution in [2.45, 2.75) is 24.8 Å². The maximum Gasteiger partial charge on any atom is 0.264 e. The van der Waals surface area contributed by atoms with Crippen molar-refractivity contribution >= 4 is 27.3 Å². The highest BCUT2D eigenvalue weighted by molar-refractivity contribution is 7.90. The summed E-state index contributed by atoms with van der Waals surface area (Å²) < 4.78 is 27.2. The van der Waals surface area contributed by atoms with Crippen LogP contribution in [0.4, 0.5) is 0 Å². The predicted molar refractivity (Wildman–Crippen MR) is 106 cm³/mol. The fourth-order valence-electron chi connectivity index (χ4n) is 2.51. The summed E-state index contributed by atoms with van der Waals surface area (Å²) in [5.41, 5.74) is 8.77. The largest absolute Gasteiger partial charge is 0.326 e. The first kappa shape index (κ1) is 19.2. The normalized spacial score (nSPS) is 11.3. The fraction of sp³-hybridized carbons (Fsp3) is 0.158. The molecule has 6 nitrogen and oxygen atoms in total. The zero-order valence-corrected chi connectivity index (χ0v) is 16.3. The van der Waals surface area contributed by atoms with Crippen molar-refractivity contribution in [3.05, 3.63) is 70.7 Å². The van der Waals surface area contributed by atoms with Crippen molar-refractivity contribution in [1.29, 1.82) is 0 Å². The van der Waals surface area contributed by atoms with Gasteiger partial charge in [-0.1, -0.05) is 36.4 Å². The predicted octanol–water partition coefficient (Wildman–Crippen LogP) is 2.62. The molecule has 0 saturated heterocycles. The molecule has 0 aliphatic rings. The second-order valence-corrected chi connectivity index (χ2v) is 8.59. The van der Waals surface area contributed by atoms with E-state index in [0.717, 1.165) is 16.3 Å². The highest BCUT2D eigenvalue weighted by Crippen LogP contribution is 2.25. The van der Waals surface area contributed by atoms with E-state index in [4.69, 9.17) is 5.73 Å². The second kappa shape index (κ2) is 7.99. The zero-order valence-electron chi connectivity index (χ0n) is 14.7. The average Bonchev–Trinajstić information content (AvgIpc) is 3.08. The van der Waals surface area contributed by atoms with Gasteiger partial charge in [-0.15, -0.1) is 11.3 Å². The summed E-state index contributed by atoms with van der Waals surface area (Å²) in [5.74, 6) is -0.592. The summed E-state index contributed by atoms with van der Waals surface area (Å²) in [6.07, 6.45) is -0.0323. The third-order valence-corrected chi connectivity index (χ3v) is 6.26. The van der Waals surface area contributed by atoms with E-state index in [9.17, 15) is 13.2 Å². The van der Waals surface area contributed by atoms with Gasteiger partial charge in [0, 0.05) is 23.2 Å². The Morgan fingerprint density at radius 1 is 1.15 bits per heavy atom. The molecule has 140 valence electrons. The number of aryl methyl sites for hydroxylation is 1. The molecule has 0 bridgehead atoms. The van der Waals surface area contributed by atoms with E-state index in [-0.39, 0.29) is 11.3 Å². The van der Waals surface area contributed by atoms with Gasteiger partial charge in [0.1, 0.15) is 5.01 Å². The summed E-state index contributed by atoms with van der Waals surface area (Å²) in [5, 5.41) is 2.63. The highest BCUT2D eigenvalue weighted by atomic mass is 32.2. The molecular formula is C19H19N3O3S2. The Morgan fingerprint density at radius 2 is 1.85 bits per heavy atom. The third kappa shape index (κ3) is 4.79. The summed E-state index contributed by atoms with van der Waals surface area (Å²) in [4.78, 5) is 16.6. The minimum absolute atomic E-state index is 0.0275. The van der Waals surface area contributed by atoms with Crippen LogP contribution in [0.15, 0.2) is 58.8 Å². The van der Waals surface area contributed by atoms with Gasteiger partial charge in [0.15, 0.2) is 0 Å². The Bertz CT molecular complexity index is 1060. The SMILES string of the molecule is Cc1csc(-c2cccc(S(=O)(=O)NC(=O)Cc3ccc(CN)cc3)c2)n1. The number of amides is 1. The Balaban J connectivity index is 1.74. The standard InChI is InChI=1S/C19H19N3O3S2/c1-13-12-26-19(21-13)16-3-2-4-17(10-16)27(24,25)22-18(23)9-14-5-7-15(11-20)8-6-14/h2-8,10,12H,9,11,20H2,1H3,(H,22,23). The molecule has 8 heteroatoms. The molecule has 3 rings (SSSR count). The monoisotopic (exact) mass is 401 g/mol. The molecule has 0 spiro atoms. The number of benzene rings is 2. The molecule has 27 heavy (non-hydrogen) atoms. The van der Waals surface area contributed by atoms with E-state index in [2.05, 4.69) is 9.71 Å². The minimum Gasteiger partial charge on any atom is -0.326 e. The number of thiazole rings is 1. The number of aromatic nitrogens is 1. The third-order valence-electron chi connectivity index (χ3n) is 3.88. The maximum atomic E-state index is 12.6. The van der Waals surface area contributed by atoms with Gasteiger partial charge >= 0.3 is 0 Å². The number of rotatable bonds is 6. The van der Waals surface area contributed by atoms with Crippen LogP contribution < -0.4 is 10.5 Å². The molecule has 1 aromatic heterocycles. The van der Waals surface area contributed by atoms with Crippen molar-refractivity contribution in [2.24, 2.45) is 5.73 Å². The van der Waals surface area contributed by atoms with Crippen LogP contribution in [0.25, 0.3) is 10.6 Å². The Morgan fingerprint density at radius 3 is 2.48 bits per heavy atom. The average molecular weight is 402 g/mol. The second-order valence-electron chi connectivity index (χ2n) is 6.05. The molecule has 0 atom stereocenters. The van der Waals surface area contributed by atoms with Crippen molar-refractivity contribution in [1.82, 2.24) is 9.71 Å². The van der Waals surface area contributed by atoms with Crippen LogP contribution in [0, 0.1) is 6.92 Å². The van der Waals surface area contributed by atoms with Gasteiger partial charge in [0.25, 0.3) is 10.0 Å². The van der Waals surface area contributed by atoms with Crippen LogP contribution in [0.1, 0.15) is 16.8 Å². The van der Waals surface area contributed by atoms with Gasteiger partial charge in [0.05, 0.1) is 11.3 Å². The van der Waals surface area contributed by atoms with Gasteiger partial charge in [-0.25, -0.2) is 18.1 Å². The highest BCUT2D eigenvalue weighted by Gasteiger charge is 2.19. The van der Waals surface area contributed by atoms with E-state index in [1.54, 1.807) is 24.3 Å². The number of nitrogens with zero attached hydrogens (tertiary/aromatic N) is 1. The van der Waals surface area contributed by atoms with E-state index in [1.807, 2.05) is 24.4 Å². The lowest BCUT2D eigenvalue weighted by molar-refractivity contribution is -0.118. The Kier molecular flexibility index (Phi) is 5.69. The van der Waals surface area contributed by atoms with Crippen LogP contribution in [-0.4, -0.2) is 19.3 Å². The van der Waals surface area contributed by atoms with Crippen LogP contribution in [-0.2, 0) is 27.8 Å². The number of hydrogen-bond donors (Lipinski definition) is 2. The topological polar surface area (TPSA) is 102 Å². The molecular weight excluding hydrogens is 382 g/mol. The van der Waals surface area contributed by atoms with Crippen molar-refractivity contribution < 1.29 is 13.2 Å². The Labute approximate surface area is 162 Å². The molecule has 3 aromatic rings. The minimum atomic E-state index is -3.96. The molecule has 2 aromatic carbocycles. The van der Waals surface area contributed by atoms with Gasteiger partial charge in [-0.3, -0.25) is 4.79 Å². The lowest BCUT2D eigenvalue weighted by atomic mass is 10.1. The lowest BCUT2D eigenvalue weighted by Crippen LogP contribution is -2.31. The van der Waals surface area contributed by atoms with Crippen molar-refractivity contribution in [3.63, 3.8) is 0 Å². The van der Waals surface area contributed by atoms with Gasteiger partial charge in [-0.05, 0) is 30.2 Å². The summed E-state index contributed by atoms with van der Waals surface area (Å²) in [6, 6.07) is 13.6. The smallest absolute Gasteiger partial charge is 0.264 e. The molecule has 1 amide bonds. The van der Waals surface area contributed by atoms with E-state index in [1.165, 1.54) is 23.5 Å². The maximum absolute atomic E-state index is 12.6. The quantitative estimate of drug-likeness (QED) is 0.661. The van der Waals surface area contributed by atoms with Crippen molar-refractivity contribution in [2.75, 3.05) is 0 Å². The first-order chi connectivity index (χ1) is 12.9. The summed E-state index contributed by atoms with van der Waals surface area (Å²) in [7, 11) is -3.96. The van der Waals surface area contributed by atoms with Crippen LogP contribution in [0.3, 0.4) is 0 Å². The summed E-state index contributed by atoms with van der Waals surface area (Å²) >= 11 is 1.44. The first-order valence-electron chi connectivity index (χ1n) is 8.23. The molecule has 0 aliphatic carbocycles. The zero-order chi connectivity index (χ0) is 19.4. The molecule has 1 heterocycles. The number of sulfonamides is 1. The van der Waals surface area contributed by atoms with Gasteiger partial charge < -0.3 is 5.73 Å².